The van der Waals surface area contributed by atoms with Crippen molar-refractivity contribution in [1.82, 2.24) is 4.90 Å². The van der Waals surface area contributed by atoms with Crippen LogP contribution in [0, 0.1) is 0 Å². The van der Waals surface area contributed by atoms with E-state index in [4.69, 9.17) is 4.74 Å². The Morgan fingerprint density at radius 1 is 0.914 bits per heavy atom. The van der Waals surface area contributed by atoms with Crippen LogP contribution < -0.4 is 4.31 Å². The number of carbonyl (C=O) groups excluding carboxylic acids is 2. The number of amides is 1. The first kappa shape index (κ1) is 24.5. The molecule has 0 aromatic heterocycles. The molecule has 0 saturated carbocycles. The number of ether oxygens (including phenoxy) is 1. The highest BCUT2D eigenvalue weighted by molar-refractivity contribution is 7.92. The van der Waals surface area contributed by atoms with E-state index in [1.165, 1.54) is 35.5 Å². The Morgan fingerprint density at radius 2 is 1.54 bits per heavy atom. The average molecular weight is 493 g/mol. The number of benzene rings is 3. The third-order valence-electron chi connectivity index (χ3n) is 5.92. The van der Waals surface area contributed by atoms with E-state index in [-0.39, 0.29) is 22.9 Å². The maximum Gasteiger partial charge on any atom is 0.338 e. The van der Waals surface area contributed by atoms with Crippen molar-refractivity contribution < 1.29 is 22.7 Å². The zero-order valence-corrected chi connectivity index (χ0v) is 20.4. The van der Waals surface area contributed by atoms with Crippen LogP contribution in [-0.4, -0.2) is 44.4 Å². The van der Waals surface area contributed by atoms with E-state index in [2.05, 4.69) is 0 Å². The van der Waals surface area contributed by atoms with Gasteiger partial charge in [-0.2, -0.15) is 0 Å². The van der Waals surface area contributed by atoms with Crippen LogP contribution in [0.25, 0.3) is 0 Å². The first-order valence-electron chi connectivity index (χ1n) is 11.6. The lowest BCUT2D eigenvalue weighted by Crippen LogP contribution is -2.38. The Bertz CT molecular complexity index is 1270. The number of nitrogens with zero attached hydrogens (tertiary/aromatic N) is 2. The monoisotopic (exact) mass is 492 g/mol. The molecule has 0 bridgehead atoms. The van der Waals surface area contributed by atoms with Gasteiger partial charge < -0.3 is 9.64 Å². The second-order valence-corrected chi connectivity index (χ2v) is 10.3. The second kappa shape index (κ2) is 10.7. The lowest BCUT2D eigenvalue weighted by Gasteiger charge is -2.25. The fraction of sp³-hybridized carbons (Fsp3) is 0.259. The largest absolute Gasteiger partial charge is 0.449 e. The predicted octanol–water partition coefficient (Wildman–Crippen LogP) is 4.25. The van der Waals surface area contributed by atoms with Crippen LogP contribution in [0.3, 0.4) is 0 Å². The molecule has 7 nitrogen and oxygen atoms in total. The van der Waals surface area contributed by atoms with Gasteiger partial charge in [0, 0.05) is 13.1 Å². The van der Waals surface area contributed by atoms with Crippen LogP contribution in [0.1, 0.15) is 35.7 Å². The van der Waals surface area contributed by atoms with Gasteiger partial charge in [-0.05, 0) is 55.7 Å². The van der Waals surface area contributed by atoms with Crippen molar-refractivity contribution in [3.05, 3.63) is 96.1 Å². The second-order valence-electron chi connectivity index (χ2n) is 8.44. The van der Waals surface area contributed by atoms with Crippen LogP contribution in [0.2, 0.25) is 0 Å². The summed E-state index contributed by atoms with van der Waals surface area (Å²) in [5.74, 6) is -0.978. The Morgan fingerprint density at radius 3 is 2.20 bits per heavy atom. The van der Waals surface area contributed by atoms with Crippen LogP contribution in [0.15, 0.2) is 89.8 Å². The van der Waals surface area contributed by atoms with E-state index in [9.17, 15) is 18.0 Å². The smallest absolute Gasteiger partial charge is 0.338 e. The molecular weight excluding hydrogens is 464 g/mol. The van der Waals surface area contributed by atoms with Crippen molar-refractivity contribution in [3.63, 3.8) is 0 Å². The highest BCUT2D eigenvalue weighted by atomic mass is 32.2. The SMILES string of the molecule is CC(OC(=O)c1cccc(S(=O)(=O)N(Cc2ccccc2)c2ccccc2)c1)C(=O)N1CCCC1. The van der Waals surface area contributed by atoms with Crippen molar-refractivity contribution in [2.24, 2.45) is 0 Å². The molecule has 1 aliphatic rings. The molecule has 3 aromatic carbocycles. The lowest BCUT2D eigenvalue weighted by atomic mass is 10.2. The normalized spacial score (nSPS) is 14.4. The minimum absolute atomic E-state index is 0.0368. The Hall–Kier alpha value is -3.65. The fourth-order valence-electron chi connectivity index (χ4n) is 4.04. The Balaban J connectivity index is 1.59. The molecule has 1 amide bonds. The van der Waals surface area contributed by atoms with Crippen LogP contribution in [-0.2, 0) is 26.1 Å². The van der Waals surface area contributed by atoms with E-state index < -0.39 is 22.1 Å². The molecule has 0 radical (unpaired) electrons. The van der Waals surface area contributed by atoms with Gasteiger partial charge in [0.2, 0.25) is 0 Å². The molecule has 0 N–H and O–H groups in total. The van der Waals surface area contributed by atoms with E-state index in [0.717, 1.165) is 18.4 Å². The molecule has 0 aliphatic carbocycles. The number of hydrogen-bond donors (Lipinski definition) is 0. The molecule has 1 unspecified atom stereocenters. The quantitative estimate of drug-likeness (QED) is 0.439. The van der Waals surface area contributed by atoms with E-state index in [1.807, 2.05) is 36.4 Å². The van der Waals surface area contributed by atoms with Crippen LogP contribution in [0.5, 0.6) is 0 Å². The van der Waals surface area contributed by atoms with Crippen molar-refractivity contribution in [1.29, 1.82) is 0 Å². The van der Waals surface area contributed by atoms with Gasteiger partial charge in [-0.3, -0.25) is 9.10 Å². The Kier molecular flexibility index (Phi) is 7.51. The summed E-state index contributed by atoms with van der Waals surface area (Å²) in [5, 5.41) is 0. The first-order chi connectivity index (χ1) is 16.9. The standard InChI is InChI=1S/C27H28N2O5S/c1-21(26(30)28-17-8-9-18-28)34-27(31)23-13-10-16-25(19-23)35(32,33)29(24-14-6-3-7-15-24)20-22-11-4-2-5-12-22/h2-7,10-16,19,21H,8-9,17-18,20H2,1H3. The van der Waals surface area contributed by atoms with Crippen LogP contribution in [0.4, 0.5) is 5.69 Å². The third-order valence-corrected chi connectivity index (χ3v) is 7.69. The van der Waals surface area contributed by atoms with Crippen molar-refractivity contribution in [2.75, 3.05) is 17.4 Å². The number of esters is 1. The van der Waals surface area contributed by atoms with Crippen LogP contribution >= 0.6 is 0 Å². The molecule has 35 heavy (non-hydrogen) atoms. The summed E-state index contributed by atoms with van der Waals surface area (Å²) in [5.41, 5.74) is 1.40. The maximum atomic E-state index is 13.7. The summed E-state index contributed by atoms with van der Waals surface area (Å²) in [6, 6.07) is 23.8. The van der Waals surface area contributed by atoms with Crippen molar-refractivity contribution in [2.45, 2.75) is 37.3 Å². The summed E-state index contributed by atoms with van der Waals surface area (Å²) >= 11 is 0. The topological polar surface area (TPSA) is 84.0 Å². The van der Waals surface area contributed by atoms with Gasteiger partial charge >= 0.3 is 5.97 Å². The average Bonchev–Trinajstić information content (AvgIpc) is 3.43. The molecule has 8 heteroatoms. The molecule has 1 saturated heterocycles. The molecule has 1 atom stereocenters. The molecule has 0 spiro atoms. The minimum Gasteiger partial charge on any atom is -0.449 e. The summed E-state index contributed by atoms with van der Waals surface area (Å²) < 4.78 is 34.2. The fourth-order valence-corrected chi connectivity index (χ4v) is 5.54. The first-order valence-corrected chi connectivity index (χ1v) is 13.0. The maximum absolute atomic E-state index is 13.7. The number of para-hydroxylation sites is 1. The van der Waals surface area contributed by atoms with Crippen molar-refractivity contribution >= 4 is 27.6 Å². The minimum atomic E-state index is -4.02. The highest BCUT2D eigenvalue weighted by Crippen LogP contribution is 2.26. The predicted molar refractivity (Wildman–Crippen MR) is 133 cm³/mol. The molecule has 4 rings (SSSR count). The van der Waals surface area contributed by atoms with Gasteiger partial charge in [0.15, 0.2) is 6.10 Å². The number of carbonyl (C=O) groups is 2. The summed E-state index contributed by atoms with van der Waals surface area (Å²) in [7, 11) is -4.02. The van der Waals surface area contributed by atoms with Crippen molar-refractivity contribution in [3.8, 4) is 0 Å². The zero-order valence-electron chi connectivity index (χ0n) is 19.5. The molecule has 1 aliphatic heterocycles. The summed E-state index contributed by atoms with van der Waals surface area (Å²) in [4.78, 5) is 26.9. The van der Waals surface area contributed by atoms with Gasteiger partial charge in [-0.15, -0.1) is 0 Å². The van der Waals surface area contributed by atoms with Gasteiger partial charge in [0.05, 0.1) is 22.7 Å². The highest BCUT2D eigenvalue weighted by Gasteiger charge is 2.28. The molecule has 1 fully saturated rings. The van der Waals surface area contributed by atoms with E-state index in [0.29, 0.717) is 18.8 Å². The van der Waals surface area contributed by atoms with Gasteiger partial charge in [0.1, 0.15) is 0 Å². The van der Waals surface area contributed by atoms with E-state index in [1.54, 1.807) is 29.2 Å². The molecular formula is C27H28N2O5S. The number of hydrogen-bond acceptors (Lipinski definition) is 5. The van der Waals surface area contributed by atoms with E-state index >= 15 is 0 Å². The molecule has 3 aromatic rings. The van der Waals surface area contributed by atoms with Gasteiger partial charge in [-0.1, -0.05) is 54.6 Å². The number of likely N-dealkylation sites (tertiary alicyclic amines) is 1. The lowest BCUT2D eigenvalue weighted by molar-refractivity contribution is -0.138. The summed E-state index contributed by atoms with van der Waals surface area (Å²) in [6.45, 7) is 2.98. The van der Waals surface area contributed by atoms with Gasteiger partial charge in [-0.25, -0.2) is 13.2 Å². The summed E-state index contributed by atoms with van der Waals surface area (Å²) in [6.07, 6.45) is 0.931. The molecule has 1 heterocycles. The number of sulfonamides is 1. The Labute approximate surface area is 206 Å². The number of rotatable bonds is 8. The molecule has 182 valence electrons. The van der Waals surface area contributed by atoms with Gasteiger partial charge in [0.25, 0.3) is 15.9 Å². The zero-order chi connectivity index (χ0) is 24.8. The number of anilines is 1. The third kappa shape index (κ3) is 5.71.